The highest BCUT2D eigenvalue weighted by atomic mass is 35.5. The molecule has 37 heavy (non-hydrogen) atoms. The zero-order valence-electron chi connectivity index (χ0n) is 22.2. The number of amides is 2. The van der Waals surface area contributed by atoms with Gasteiger partial charge in [-0.25, -0.2) is 0 Å². The SMILES string of the molecule is CCN1C(=O)C(C)(C)C(=O)N(C)c2cc(OCCCNCc3ccnc(CCNC)c3)ccc21.Cl.Cl.Cl. The molecule has 2 amide bonds. The molecule has 1 aliphatic rings. The number of ether oxygens (including phenoxy) is 1. The first-order valence-corrected chi connectivity index (χ1v) is 12.0. The van der Waals surface area contributed by atoms with Crippen molar-refractivity contribution in [1.82, 2.24) is 15.6 Å². The van der Waals surface area contributed by atoms with E-state index in [4.69, 9.17) is 4.74 Å². The van der Waals surface area contributed by atoms with Gasteiger partial charge in [0.2, 0.25) is 11.8 Å². The summed E-state index contributed by atoms with van der Waals surface area (Å²) in [4.78, 5) is 33.6. The summed E-state index contributed by atoms with van der Waals surface area (Å²) >= 11 is 0. The summed E-state index contributed by atoms with van der Waals surface area (Å²) in [6, 6.07) is 9.75. The molecule has 0 atom stereocenters. The third-order valence-electron chi connectivity index (χ3n) is 6.14. The van der Waals surface area contributed by atoms with Crippen LogP contribution < -0.4 is 25.2 Å². The second-order valence-corrected chi connectivity index (χ2v) is 9.08. The number of aromatic nitrogens is 1. The molecule has 0 saturated heterocycles. The molecule has 1 aliphatic heterocycles. The normalized spacial score (nSPS) is 14.1. The van der Waals surface area contributed by atoms with Crippen LogP contribution in [0.15, 0.2) is 36.5 Å². The van der Waals surface area contributed by atoms with Gasteiger partial charge in [-0.1, -0.05) is 0 Å². The molecule has 0 fully saturated rings. The molecule has 8 nitrogen and oxygen atoms in total. The number of fused-ring (bicyclic) bond motifs is 1. The Hall–Kier alpha value is -2.10. The largest absolute Gasteiger partial charge is 0.493 e. The summed E-state index contributed by atoms with van der Waals surface area (Å²) in [5.74, 6) is 0.278. The molecule has 0 unspecified atom stereocenters. The van der Waals surface area contributed by atoms with Crippen molar-refractivity contribution < 1.29 is 14.3 Å². The highest BCUT2D eigenvalue weighted by Crippen LogP contribution is 2.40. The topological polar surface area (TPSA) is 86.8 Å². The fourth-order valence-corrected chi connectivity index (χ4v) is 4.12. The van der Waals surface area contributed by atoms with E-state index in [1.165, 1.54) is 5.56 Å². The molecule has 0 bridgehead atoms. The van der Waals surface area contributed by atoms with E-state index in [0.29, 0.717) is 24.6 Å². The molecule has 2 aromatic rings. The number of nitrogens with one attached hydrogen (secondary N) is 2. The van der Waals surface area contributed by atoms with E-state index in [9.17, 15) is 9.59 Å². The first-order valence-electron chi connectivity index (χ1n) is 12.0. The number of benzene rings is 1. The van der Waals surface area contributed by atoms with E-state index in [1.54, 1.807) is 30.7 Å². The summed E-state index contributed by atoms with van der Waals surface area (Å²) in [5.41, 5.74) is 2.62. The standard InChI is InChI=1S/C26H37N5O3.3ClH/c1-6-31-22-9-8-21(17-23(22)30(5)24(32)26(2,3)25(31)33)34-15-7-12-28-18-19-10-14-29-20(16-19)11-13-27-4;;;/h8-10,14,16-17,27-28H,6-7,11-13,15,18H2,1-5H3;3*1H. The van der Waals surface area contributed by atoms with Gasteiger partial charge in [-0.15, -0.1) is 37.2 Å². The number of likely N-dealkylation sites (N-methyl/N-ethyl adjacent to an activating group) is 1. The Labute approximate surface area is 239 Å². The van der Waals surface area contributed by atoms with Crippen molar-refractivity contribution in [2.24, 2.45) is 5.41 Å². The Morgan fingerprint density at radius 1 is 1.00 bits per heavy atom. The number of hydrogen-bond acceptors (Lipinski definition) is 6. The van der Waals surface area contributed by atoms with Crippen molar-refractivity contribution in [3.05, 3.63) is 47.8 Å². The predicted octanol–water partition coefficient (Wildman–Crippen LogP) is 4.02. The van der Waals surface area contributed by atoms with E-state index in [1.807, 2.05) is 44.4 Å². The first-order chi connectivity index (χ1) is 16.3. The second kappa shape index (κ2) is 16.0. The van der Waals surface area contributed by atoms with Crippen LogP contribution in [0.2, 0.25) is 0 Å². The molecule has 2 N–H and O–H groups in total. The van der Waals surface area contributed by atoms with Gasteiger partial charge in [0.25, 0.3) is 0 Å². The Bertz CT molecular complexity index is 1020. The number of carbonyl (C=O) groups excluding carboxylic acids is 2. The molecule has 3 rings (SSSR count). The van der Waals surface area contributed by atoms with Crippen molar-refractivity contribution in [3.8, 4) is 5.75 Å². The van der Waals surface area contributed by atoms with E-state index in [2.05, 4.69) is 21.7 Å². The molecule has 0 saturated carbocycles. The van der Waals surface area contributed by atoms with Crippen LogP contribution in [-0.2, 0) is 22.6 Å². The van der Waals surface area contributed by atoms with Crippen molar-refractivity contribution in [3.63, 3.8) is 0 Å². The second-order valence-electron chi connectivity index (χ2n) is 9.08. The number of hydrogen-bond donors (Lipinski definition) is 2. The fraction of sp³-hybridized carbons (Fsp3) is 0.500. The van der Waals surface area contributed by atoms with Gasteiger partial charge < -0.3 is 25.2 Å². The number of halogens is 3. The van der Waals surface area contributed by atoms with Crippen molar-refractivity contribution in [2.75, 3.05) is 50.1 Å². The van der Waals surface area contributed by atoms with Crippen LogP contribution in [0, 0.1) is 5.41 Å². The number of carbonyl (C=O) groups is 2. The van der Waals surface area contributed by atoms with Crippen LogP contribution in [0.4, 0.5) is 11.4 Å². The van der Waals surface area contributed by atoms with Gasteiger partial charge in [0.05, 0.1) is 18.0 Å². The quantitative estimate of drug-likeness (QED) is 0.310. The van der Waals surface area contributed by atoms with E-state index in [0.717, 1.165) is 43.9 Å². The van der Waals surface area contributed by atoms with Crippen LogP contribution in [0.1, 0.15) is 38.4 Å². The maximum absolute atomic E-state index is 13.0. The minimum atomic E-state index is -1.11. The minimum absolute atomic E-state index is 0. The van der Waals surface area contributed by atoms with Gasteiger partial charge in [-0.2, -0.15) is 0 Å². The van der Waals surface area contributed by atoms with E-state index >= 15 is 0 Å². The lowest BCUT2D eigenvalue weighted by Crippen LogP contribution is -2.47. The molecule has 1 aromatic heterocycles. The maximum Gasteiger partial charge on any atom is 0.242 e. The third kappa shape index (κ3) is 8.45. The summed E-state index contributed by atoms with van der Waals surface area (Å²) in [6.07, 6.45) is 3.62. The minimum Gasteiger partial charge on any atom is -0.493 e. The van der Waals surface area contributed by atoms with Crippen molar-refractivity contribution in [2.45, 2.75) is 40.2 Å². The molecule has 2 heterocycles. The lowest BCUT2D eigenvalue weighted by atomic mass is 9.90. The highest BCUT2D eigenvalue weighted by Gasteiger charge is 2.45. The molecule has 0 radical (unpaired) electrons. The molecule has 208 valence electrons. The van der Waals surface area contributed by atoms with Gasteiger partial charge >= 0.3 is 0 Å². The van der Waals surface area contributed by atoms with Crippen molar-refractivity contribution >= 4 is 60.4 Å². The van der Waals surface area contributed by atoms with Crippen LogP contribution in [-0.4, -0.2) is 57.1 Å². The zero-order valence-corrected chi connectivity index (χ0v) is 24.7. The molecule has 0 spiro atoms. The van der Waals surface area contributed by atoms with E-state index < -0.39 is 5.41 Å². The monoisotopic (exact) mass is 575 g/mol. The number of anilines is 2. The third-order valence-corrected chi connectivity index (χ3v) is 6.14. The van der Waals surface area contributed by atoms with Crippen molar-refractivity contribution in [1.29, 1.82) is 0 Å². The lowest BCUT2D eigenvalue weighted by molar-refractivity contribution is -0.137. The molecular formula is C26H40Cl3N5O3. The average molecular weight is 577 g/mol. The van der Waals surface area contributed by atoms with Crippen LogP contribution in [0.5, 0.6) is 5.75 Å². The molecule has 11 heteroatoms. The van der Waals surface area contributed by atoms with E-state index in [-0.39, 0.29) is 49.0 Å². The number of pyridine rings is 1. The molecule has 1 aromatic carbocycles. The molecular weight excluding hydrogens is 537 g/mol. The zero-order chi connectivity index (χ0) is 24.7. The van der Waals surface area contributed by atoms with Gasteiger partial charge in [-0.05, 0) is 70.6 Å². The predicted molar refractivity (Wildman–Crippen MR) is 157 cm³/mol. The Balaban J connectivity index is 0.00000432. The Morgan fingerprint density at radius 2 is 1.73 bits per heavy atom. The van der Waals surface area contributed by atoms with Crippen LogP contribution >= 0.6 is 37.2 Å². The average Bonchev–Trinajstić information content (AvgIpc) is 2.89. The maximum atomic E-state index is 13.0. The smallest absolute Gasteiger partial charge is 0.242 e. The number of nitrogens with zero attached hydrogens (tertiary/aromatic N) is 3. The van der Waals surface area contributed by atoms with Crippen LogP contribution in [0.25, 0.3) is 0 Å². The van der Waals surface area contributed by atoms with Gasteiger partial charge in [0.1, 0.15) is 11.2 Å². The summed E-state index contributed by atoms with van der Waals surface area (Å²) in [5, 5.41) is 6.59. The number of rotatable bonds is 11. The molecule has 0 aliphatic carbocycles. The Morgan fingerprint density at radius 3 is 2.41 bits per heavy atom. The van der Waals surface area contributed by atoms with Gasteiger partial charge in [0, 0.05) is 51.1 Å². The van der Waals surface area contributed by atoms with Gasteiger partial charge in [-0.3, -0.25) is 14.6 Å². The van der Waals surface area contributed by atoms with Gasteiger partial charge in [0.15, 0.2) is 0 Å². The highest BCUT2D eigenvalue weighted by molar-refractivity contribution is 6.20. The Kier molecular flexibility index (Phi) is 15.1. The summed E-state index contributed by atoms with van der Waals surface area (Å²) in [7, 11) is 3.66. The fourth-order valence-electron chi connectivity index (χ4n) is 4.12. The summed E-state index contributed by atoms with van der Waals surface area (Å²) in [6.45, 7) is 8.86. The lowest BCUT2D eigenvalue weighted by Gasteiger charge is -2.27. The first kappa shape index (κ1) is 34.9. The van der Waals surface area contributed by atoms with Crippen LogP contribution in [0.3, 0.4) is 0 Å². The summed E-state index contributed by atoms with van der Waals surface area (Å²) < 4.78 is 5.96.